The van der Waals surface area contributed by atoms with E-state index in [0.717, 1.165) is 11.1 Å². The maximum Gasteiger partial charge on any atom is 0.106 e. The van der Waals surface area contributed by atoms with Crippen LogP contribution in [0, 0.1) is 3.57 Å². The van der Waals surface area contributed by atoms with Crippen LogP contribution in [-0.4, -0.2) is 11.7 Å². The van der Waals surface area contributed by atoms with E-state index in [1.807, 2.05) is 54.6 Å². The molecule has 0 amide bonds. The van der Waals surface area contributed by atoms with E-state index in [2.05, 4.69) is 22.6 Å². The second-order valence-electron chi connectivity index (χ2n) is 4.40. The van der Waals surface area contributed by atoms with Crippen molar-refractivity contribution in [3.63, 3.8) is 0 Å². The molecule has 2 aromatic carbocycles. The van der Waals surface area contributed by atoms with Gasteiger partial charge in [-0.2, -0.15) is 0 Å². The molecule has 1 atom stereocenters. The number of rotatable bonds is 4. The van der Waals surface area contributed by atoms with Gasteiger partial charge in [0.25, 0.3) is 0 Å². The molecule has 0 bridgehead atoms. The molecule has 0 aliphatic rings. The molecule has 18 heavy (non-hydrogen) atoms. The molecule has 0 spiro atoms. The first-order valence-electron chi connectivity index (χ1n) is 5.86. The van der Waals surface area contributed by atoms with Crippen LogP contribution in [0.5, 0.6) is 0 Å². The van der Waals surface area contributed by atoms with E-state index in [1.165, 1.54) is 3.57 Å². The number of benzene rings is 2. The zero-order valence-corrected chi connectivity index (χ0v) is 12.2. The van der Waals surface area contributed by atoms with Crippen molar-refractivity contribution < 1.29 is 5.11 Å². The topological polar surface area (TPSA) is 46.2 Å². The summed E-state index contributed by atoms with van der Waals surface area (Å²) in [5.74, 6) is 0. The Labute approximate surface area is 121 Å². The highest BCUT2D eigenvalue weighted by Crippen LogP contribution is 2.25. The highest BCUT2D eigenvalue weighted by molar-refractivity contribution is 14.1. The predicted octanol–water partition coefficient (Wildman–Crippen LogP) is 2.68. The molecule has 3 N–H and O–H groups in total. The maximum atomic E-state index is 10.7. The summed E-state index contributed by atoms with van der Waals surface area (Å²) in [6.07, 6.45) is 0.532. The van der Waals surface area contributed by atoms with Crippen LogP contribution in [0.3, 0.4) is 0 Å². The van der Waals surface area contributed by atoms with E-state index in [1.54, 1.807) is 0 Å². The van der Waals surface area contributed by atoms with Crippen LogP contribution >= 0.6 is 22.6 Å². The maximum absolute atomic E-state index is 10.7. The van der Waals surface area contributed by atoms with Crippen molar-refractivity contribution in [2.45, 2.75) is 12.0 Å². The molecule has 0 aliphatic heterocycles. The molecule has 0 heterocycles. The van der Waals surface area contributed by atoms with Crippen LogP contribution in [0.25, 0.3) is 0 Å². The second-order valence-corrected chi connectivity index (χ2v) is 5.65. The van der Waals surface area contributed by atoms with Gasteiger partial charge in [-0.25, -0.2) is 0 Å². The van der Waals surface area contributed by atoms with Crippen molar-refractivity contribution in [1.82, 2.24) is 0 Å². The quantitative estimate of drug-likeness (QED) is 0.831. The Hall–Kier alpha value is -0.910. The van der Waals surface area contributed by atoms with Gasteiger partial charge in [-0.1, -0.05) is 42.5 Å². The van der Waals surface area contributed by atoms with Crippen molar-refractivity contribution in [1.29, 1.82) is 0 Å². The van der Waals surface area contributed by atoms with Crippen LogP contribution in [0.4, 0.5) is 0 Å². The Kier molecular flexibility index (Phi) is 4.37. The Balaban J connectivity index is 2.26. The second kappa shape index (κ2) is 5.82. The normalized spacial score (nSPS) is 14.2. The summed E-state index contributed by atoms with van der Waals surface area (Å²) in [5.41, 5.74) is 6.73. The van der Waals surface area contributed by atoms with E-state index in [4.69, 9.17) is 5.73 Å². The Bertz CT molecular complexity index is 498. The third-order valence-electron chi connectivity index (χ3n) is 3.06. The summed E-state index contributed by atoms with van der Waals surface area (Å²) in [5, 5.41) is 10.7. The van der Waals surface area contributed by atoms with Crippen molar-refractivity contribution in [3.8, 4) is 0 Å². The predicted molar refractivity (Wildman–Crippen MR) is 82.3 cm³/mol. The minimum atomic E-state index is -0.992. The van der Waals surface area contributed by atoms with Gasteiger partial charge in [0.15, 0.2) is 0 Å². The monoisotopic (exact) mass is 353 g/mol. The Morgan fingerprint density at radius 1 is 1.00 bits per heavy atom. The molecule has 3 heteroatoms. The summed E-state index contributed by atoms with van der Waals surface area (Å²) in [7, 11) is 0. The van der Waals surface area contributed by atoms with Gasteiger partial charge in [0.1, 0.15) is 5.60 Å². The molecule has 2 nitrogen and oxygen atoms in total. The van der Waals surface area contributed by atoms with Crippen molar-refractivity contribution in [3.05, 3.63) is 69.3 Å². The average Bonchev–Trinajstić information content (AvgIpc) is 2.42. The Morgan fingerprint density at radius 3 is 2.17 bits per heavy atom. The molecule has 0 radical (unpaired) electrons. The molecule has 0 aromatic heterocycles. The largest absolute Gasteiger partial charge is 0.383 e. The lowest BCUT2D eigenvalue weighted by Crippen LogP contribution is -2.37. The third-order valence-corrected chi connectivity index (χ3v) is 3.78. The zero-order valence-electron chi connectivity index (χ0n) is 10.0. The lowest BCUT2D eigenvalue weighted by atomic mass is 9.87. The highest BCUT2D eigenvalue weighted by atomic mass is 127. The summed E-state index contributed by atoms with van der Waals surface area (Å²) >= 11 is 2.27. The van der Waals surface area contributed by atoms with Crippen LogP contribution in [-0.2, 0) is 12.0 Å². The van der Waals surface area contributed by atoms with Gasteiger partial charge in [0, 0.05) is 16.5 Å². The molecule has 2 aromatic rings. The number of aliphatic hydroxyl groups is 1. The number of hydrogen-bond acceptors (Lipinski definition) is 2. The van der Waals surface area contributed by atoms with Crippen LogP contribution in [0.2, 0.25) is 0 Å². The van der Waals surface area contributed by atoms with E-state index >= 15 is 0 Å². The van der Waals surface area contributed by atoms with E-state index in [0.29, 0.717) is 6.42 Å². The molecule has 2 rings (SSSR count). The molecule has 94 valence electrons. The van der Waals surface area contributed by atoms with E-state index < -0.39 is 5.60 Å². The number of halogens is 1. The number of nitrogens with two attached hydrogens (primary N) is 1. The molecule has 0 fully saturated rings. The van der Waals surface area contributed by atoms with Gasteiger partial charge >= 0.3 is 0 Å². The fraction of sp³-hybridized carbons (Fsp3) is 0.200. The molecular formula is C15H16INO. The minimum absolute atomic E-state index is 0.211. The summed E-state index contributed by atoms with van der Waals surface area (Å²) in [6.45, 7) is 0.211. The third kappa shape index (κ3) is 3.10. The van der Waals surface area contributed by atoms with Gasteiger partial charge in [-0.3, -0.25) is 0 Å². The van der Waals surface area contributed by atoms with Gasteiger partial charge in [-0.05, 0) is 45.9 Å². The minimum Gasteiger partial charge on any atom is -0.383 e. The zero-order chi connectivity index (χ0) is 13.0. The molecule has 0 saturated carbocycles. The highest BCUT2D eigenvalue weighted by Gasteiger charge is 2.27. The average molecular weight is 353 g/mol. The lowest BCUT2D eigenvalue weighted by molar-refractivity contribution is 0.0463. The van der Waals surface area contributed by atoms with Gasteiger partial charge in [0.05, 0.1) is 0 Å². The molecule has 1 unspecified atom stereocenters. The first-order valence-corrected chi connectivity index (χ1v) is 6.94. The van der Waals surface area contributed by atoms with Gasteiger partial charge in [0.2, 0.25) is 0 Å². The van der Waals surface area contributed by atoms with E-state index in [-0.39, 0.29) is 6.54 Å². The van der Waals surface area contributed by atoms with Crippen LogP contribution < -0.4 is 5.73 Å². The van der Waals surface area contributed by atoms with Crippen molar-refractivity contribution >= 4 is 22.6 Å². The lowest BCUT2D eigenvalue weighted by Gasteiger charge is -2.27. The molecule has 0 saturated heterocycles. The first-order chi connectivity index (χ1) is 8.64. The molecular weight excluding hydrogens is 337 g/mol. The standard InChI is InChI=1S/C15H16INO/c16-14-8-6-12(7-9-14)10-15(18,11-17)13-4-2-1-3-5-13/h1-9,18H,10-11,17H2. The summed E-state index contributed by atoms with van der Waals surface area (Å²) in [6, 6.07) is 17.8. The summed E-state index contributed by atoms with van der Waals surface area (Å²) in [4.78, 5) is 0. The smallest absolute Gasteiger partial charge is 0.106 e. The van der Waals surface area contributed by atoms with Crippen LogP contribution in [0.1, 0.15) is 11.1 Å². The van der Waals surface area contributed by atoms with E-state index in [9.17, 15) is 5.11 Å². The van der Waals surface area contributed by atoms with Crippen molar-refractivity contribution in [2.24, 2.45) is 5.73 Å². The molecule has 0 aliphatic carbocycles. The number of hydrogen-bond donors (Lipinski definition) is 2. The SMILES string of the molecule is NCC(O)(Cc1ccc(I)cc1)c1ccccc1. The fourth-order valence-electron chi connectivity index (χ4n) is 1.98. The fourth-order valence-corrected chi connectivity index (χ4v) is 2.34. The van der Waals surface area contributed by atoms with Gasteiger partial charge < -0.3 is 10.8 Å². The van der Waals surface area contributed by atoms with Gasteiger partial charge in [-0.15, -0.1) is 0 Å². The Morgan fingerprint density at radius 2 is 1.61 bits per heavy atom. The van der Waals surface area contributed by atoms with Crippen LogP contribution in [0.15, 0.2) is 54.6 Å². The van der Waals surface area contributed by atoms with Crippen molar-refractivity contribution in [2.75, 3.05) is 6.54 Å². The first kappa shape index (κ1) is 13.5. The summed E-state index contributed by atoms with van der Waals surface area (Å²) < 4.78 is 1.19.